The summed E-state index contributed by atoms with van der Waals surface area (Å²) < 4.78 is 11.4. The lowest BCUT2D eigenvalue weighted by atomic mass is 9.89. The SMILES string of the molecule is Cc1ccc(C)c(OCc2nnc(SCC(=O)Nc3sc4c(c3C#N)CCC(C)C4)o2)c1. The standard InChI is InChI=1S/C23H24N4O3S2/c1-13-4-6-15(3)18(8-13)29-11-21-26-27-23(30-21)31-12-20(28)25-22-17(10-24)16-7-5-14(2)9-19(16)32-22/h4,6,8,14H,5,7,9,11-12H2,1-3H3,(H,25,28). The van der Waals surface area contributed by atoms with Crippen molar-refractivity contribution in [3.63, 3.8) is 0 Å². The first-order valence-corrected chi connectivity index (χ1v) is 12.2. The van der Waals surface area contributed by atoms with E-state index in [-0.39, 0.29) is 18.3 Å². The molecule has 4 rings (SSSR count). The van der Waals surface area contributed by atoms with Gasteiger partial charge < -0.3 is 14.5 Å². The first-order chi connectivity index (χ1) is 15.4. The van der Waals surface area contributed by atoms with Crippen molar-refractivity contribution in [2.45, 2.75) is 51.9 Å². The Kier molecular flexibility index (Phi) is 6.82. The summed E-state index contributed by atoms with van der Waals surface area (Å²) in [5.74, 6) is 1.64. The number of aryl methyl sites for hydroxylation is 2. The number of nitrogens with zero attached hydrogens (tertiary/aromatic N) is 3. The van der Waals surface area contributed by atoms with Crippen LogP contribution in [0.1, 0.15) is 46.4 Å². The lowest BCUT2D eigenvalue weighted by molar-refractivity contribution is -0.113. The van der Waals surface area contributed by atoms with Crippen molar-refractivity contribution in [1.82, 2.24) is 10.2 Å². The van der Waals surface area contributed by atoms with Gasteiger partial charge in [0.2, 0.25) is 5.91 Å². The summed E-state index contributed by atoms with van der Waals surface area (Å²) in [6.07, 6.45) is 2.94. The van der Waals surface area contributed by atoms with Crippen molar-refractivity contribution in [3.8, 4) is 11.8 Å². The molecule has 2 aromatic heterocycles. The third-order valence-corrected chi connectivity index (χ3v) is 7.33. The molecular weight excluding hydrogens is 444 g/mol. The predicted molar refractivity (Wildman–Crippen MR) is 124 cm³/mol. The molecule has 0 bridgehead atoms. The van der Waals surface area contributed by atoms with Gasteiger partial charge in [0.15, 0.2) is 6.61 Å². The number of nitrogens with one attached hydrogen (secondary N) is 1. The fourth-order valence-electron chi connectivity index (χ4n) is 3.60. The highest BCUT2D eigenvalue weighted by atomic mass is 32.2. The van der Waals surface area contributed by atoms with Crippen molar-refractivity contribution in [1.29, 1.82) is 5.26 Å². The largest absolute Gasteiger partial charge is 0.484 e. The molecule has 3 aromatic rings. The number of carbonyl (C=O) groups excluding carboxylic acids is 1. The lowest BCUT2D eigenvalue weighted by Crippen LogP contribution is -2.14. The Morgan fingerprint density at radius 3 is 3.06 bits per heavy atom. The fraction of sp³-hybridized carbons (Fsp3) is 0.391. The molecule has 2 heterocycles. The summed E-state index contributed by atoms with van der Waals surface area (Å²) in [7, 11) is 0. The van der Waals surface area contributed by atoms with E-state index in [2.05, 4.69) is 28.5 Å². The van der Waals surface area contributed by atoms with E-state index in [1.807, 2.05) is 32.0 Å². The number of nitriles is 1. The summed E-state index contributed by atoms with van der Waals surface area (Å²) in [6, 6.07) is 8.26. The van der Waals surface area contributed by atoms with Crippen molar-refractivity contribution in [2.24, 2.45) is 5.92 Å². The van der Waals surface area contributed by atoms with Gasteiger partial charge in [0, 0.05) is 4.88 Å². The molecule has 0 saturated heterocycles. The molecule has 0 aliphatic heterocycles. The van der Waals surface area contributed by atoms with Gasteiger partial charge >= 0.3 is 0 Å². The molecule has 1 atom stereocenters. The first-order valence-electron chi connectivity index (χ1n) is 10.4. The molecule has 1 N–H and O–H groups in total. The molecule has 166 valence electrons. The minimum Gasteiger partial charge on any atom is -0.484 e. The normalized spacial score (nSPS) is 15.1. The number of rotatable bonds is 7. The van der Waals surface area contributed by atoms with Crippen LogP contribution in [0.4, 0.5) is 5.00 Å². The minimum absolute atomic E-state index is 0.114. The van der Waals surface area contributed by atoms with Gasteiger partial charge in [-0.3, -0.25) is 4.79 Å². The number of fused-ring (bicyclic) bond motifs is 1. The van der Waals surface area contributed by atoms with Gasteiger partial charge in [-0.2, -0.15) is 5.26 Å². The van der Waals surface area contributed by atoms with E-state index in [4.69, 9.17) is 9.15 Å². The summed E-state index contributed by atoms with van der Waals surface area (Å²) in [5, 5.41) is 21.4. The zero-order chi connectivity index (χ0) is 22.7. The van der Waals surface area contributed by atoms with E-state index >= 15 is 0 Å². The van der Waals surface area contributed by atoms with Gasteiger partial charge in [0.05, 0.1) is 11.3 Å². The third kappa shape index (κ3) is 5.14. The lowest BCUT2D eigenvalue weighted by Gasteiger charge is -2.17. The van der Waals surface area contributed by atoms with Gasteiger partial charge in [-0.25, -0.2) is 0 Å². The number of hydrogen-bond acceptors (Lipinski definition) is 8. The van der Waals surface area contributed by atoms with Crippen LogP contribution in [0.2, 0.25) is 0 Å². The van der Waals surface area contributed by atoms with Crippen molar-refractivity contribution in [3.05, 3.63) is 51.2 Å². The maximum absolute atomic E-state index is 12.5. The smallest absolute Gasteiger partial charge is 0.277 e. The summed E-state index contributed by atoms with van der Waals surface area (Å²) in [6.45, 7) is 6.36. The molecule has 0 saturated carbocycles. The van der Waals surface area contributed by atoms with Gasteiger partial charge in [-0.15, -0.1) is 21.5 Å². The molecule has 1 aliphatic carbocycles. The Bertz CT molecular complexity index is 1180. The Morgan fingerprint density at radius 2 is 2.25 bits per heavy atom. The van der Waals surface area contributed by atoms with Crippen molar-refractivity contribution >= 4 is 34.0 Å². The summed E-state index contributed by atoms with van der Waals surface area (Å²) in [5.41, 5.74) is 3.85. The van der Waals surface area contributed by atoms with Crippen LogP contribution in [0.3, 0.4) is 0 Å². The third-order valence-electron chi connectivity index (χ3n) is 5.35. The zero-order valence-corrected chi connectivity index (χ0v) is 19.9. The number of hydrogen-bond donors (Lipinski definition) is 1. The van der Waals surface area contributed by atoms with Crippen LogP contribution in [-0.2, 0) is 24.2 Å². The van der Waals surface area contributed by atoms with Gasteiger partial charge in [-0.05, 0) is 61.8 Å². The quantitative estimate of drug-likeness (QED) is 0.484. The molecule has 0 spiro atoms. The van der Waals surface area contributed by atoms with E-state index in [0.29, 0.717) is 27.6 Å². The van der Waals surface area contributed by atoms with Crippen LogP contribution in [0.25, 0.3) is 0 Å². The van der Waals surface area contributed by atoms with Gasteiger partial charge in [-0.1, -0.05) is 30.8 Å². The summed E-state index contributed by atoms with van der Waals surface area (Å²) >= 11 is 2.68. The number of thiophene rings is 1. The average Bonchev–Trinajstić information content (AvgIpc) is 3.36. The van der Waals surface area contributed by atoms with Crippen LogP contribution >= 0.6 is 23.1 Å². The van der Waals surface area contributed by atoms with Crippen LogP contribution in [0.5, 0.6) is 5.75 Å². The Labute approximate surface area is 195 Å². The van der Waals surface area contributed by atoms with Gasteiger partial charge in [0.1, 0.15) is 16.8 Å². The molecule has 1 aliphatic rings. The number of aromatic nitrogens is 2. The highest BCUT2D eigenvalue weighted by Crippen LogP contribution is 2.39. The summed E-state index contributed by atoms with van der Waals surface area (Å²) in [4.78, 5) is 13.7. The van der Waals surface area contributed by atoms with Crippen LogP contribution in [-0.4, -0.2) is 21.9 Å². The second-order valence-corrected chi connectivity index (χ2v) is 10.1. The number of anilines is 1. The Morgan fingerprint density at radius 1 is 1.41 bits per heavy atom. The second kappa shape index (κ2) is 9.76. The molecule has 0 fully saturated rings. The molecule has 0 radical (unpaired) electrons. The fourth-order valence-corrected chi connectivity index (χ4v) is 5.56. The van der Waals surface area contributed by atoms with Gasteiger partial charge in [0.25, 0.3) is 11.1 Å². The minimum atomic E-state index is -0.204. The first kappa shape index (κ1) is 22.4. The van der Waals surface area contributed by atoms with E-state index < -0.39 is 0 Å². The zero-order valence-electron chi connectivity index (χ0n) is 18.2. The monoisotopic (exact) mass is 468 g/mol. The van der Waals surface area contributed by atoms with Crippen molar-refractivity contribution < 1.29 is 13.9 Å². The number of amides is 1. The Hall–Kier alpha value is -2.83. The topological polar surface area (TPSA) is 101 Å². The number of benzene rings is 1. The van der Waals surface area contributed by atoms with E-state index in [1.54, 1.807) is 0 Å². The maximum Gasteiger partial charge on any atom is 0.277 e. The van der Waals surface area contributed by atoms with E-state index in [0.717, 1.165) is 53.5 Å². The predicted octanol–water partition coefficient (Wildman–Crippen LogP) is 5.05. The molecular formula is C23H24N4O3S2. The highest BCUT2D eigenvalue weighted by Gasteiger charge is 2.24. The molecule has 32 heavy (non-hydrogen) atoms. The molecule has 9 heteroatoms. The maximum atomic E-state index is 12.5. The highest BCUT2D eigenvalue weighted by molar-refractivity contribution is 7.99. The van der Waals surface area contributed by atoms with Crippen molar-refractivity contribution in [2.75, 3.05) is 11.1 Å². The molecule has 1 aromatic carbocycles. The number of ether oxygens (including phenoxy) is 1. The molecule has 1 unspecified atom stereocenters. The van der Waals surface area contributed by atoms with Crippen LogP contribution in [0.15, 0.2) is 27.8 Å². The van der Waals surface area contributed by atoms with E-state index in [9.17, 15) is 10.1 Å². The number of carbonyl (C=O) groups is 1. The average molecular weight is 469 g/mol. The second-order valence-electron chi connectivity index (χ2n) is 8.02. The van der Waals surface area contributed by atoms with Crippen LogP contribution < -0.4 is 10.1 Å². The Balaban J connectivity index is 1.31. The molecule has 1 amide bonds. The van der Waals surface area contributed by atoms with E-state index in [1.165, 1.54) is 16.2 Å². The molecule has 7 nitrogen and oxygen atoms in total. The number of thioether (sulfide) groups is 1. The van der Waals surface area contributed by atoms with Crippen LogP contribution in [0, 0.1) is 31.1 Å².